The molecule has 0 saturated heterocycles. The summed E-state index contributed by atoms with van der Waals surface area (Å²) in [6.45, 7) is 7.62. The Balaban J connectivity index is 2.32. The van der Waals surface area contributed by atoms with Gasteiger partial charge in [0.2, 0.25) is 0 Å². The number of hydrogen-bond acceptors (Lipinski definition) is 2. The number of anilines is 1. The highest BCUT2D eigenvalue weighted by Gasteiger charge is 2.16. The van der Waals surface area contributed by atoms with Crippen LogP contribution in [0.4, 0.5) is 18.9 Å². The van der Waals surface area contributed by atoms with Gasteiger partial charge < -0.3 is 5.32 Å². The van der Waals surface area contributed by atoms with Crippen molar-refractivity contribution in [1.82, 2.24) is 4.98 Å². The molecule has 0 aliphatic rings. The normalized spacial score (nSPS) is 12.3. The fraction of sp³-hybridized carbons (Fsp3) is 0.312. The van der Waals surface area contributed by atoms with Gasteiger partial charge in [-0.05, 0) is 44.9 Å². The van der Waals surface area contributed by atoms with Crippen LogP contribution in [0, 0.1) is 38.2 Å². The number of pyridine rings is 1. The summed E-state index contributed by atoms with van der Waals surface area (Å²) in [5.41, 5.74) is 3.97. The molecule has 1 atom stereocenters. The highest BCUT2D eigenvalue weighted by Crippen LogP contribution is 2.26. The summed E-state index contributed by atoms with van der Waals surface area (Å²) in [7, 11) is 0. The molecule has 5 heteroatoms. The predicted octanol–water partition coefficient (Wildman–Crippen LogP) is 4.60. The van der Waals surface area contributed by atoms with Crippen LogP contribution < -0.4 is 5.32 Å². The van der Waals surface area contributed by atoms with Gasteiger partial charge in [-0.15, -0.1) is 0 Å². The average molecular weight is 294 g/mol. The van der Waals surface area contributed by atoms with Gasteiger partial charge in [-0.25, -0.2) is 13.2 Å². The van der Waals surface area contributed by atoms with Crippen molar-refractivity contribution in [2.24, 2.45) is 0 Å². The van der Waals surface area contributed by atoms with Gasteiger partial charge in [0.15, 0.2) is 17.5 Å². The first-order chi connectivity index (χ1) is 9.79. The van der Waals surface area contributed by atoms with E-state index >= 15 is 0 Å². The molecule has 0 aliphatic carbocycles. The van der Waals surface area contributed by atoms with E-state index in [9.17, 15) is 13.2 Å². The molecule has 1 aromatic carbocycles. The number of nitrogens with one attached hydrogen (secondary N) is 1. The maximum absolute atomic E-state index is 13.2. The molecule has 1 N–H and O–H groups in total. The summed E-state index contributed by atoms with van der Waals surface area (Å²) in [5.74, 6) is -3.88. The van der Waals surface area contributed by atoms with Crippen molar-refractivity contribution in [2.45, 2.75) is 33.7 Å². The lowest BCUT2D eigenvalue weighted by atomic mass is 10.00. The SMILES string of the molecule is Cc1cc(C)c(C(C)Nc2cc(F)c(F)c(F)c2)c(C)n1. The summed E-state index contributed by atoms with van der Waals surface area (Å²) >= 11 is 0. The number of rotatable bonds is 3. The van der Waals surface area contributed by atoms with Crippen LogP contribution in [0.5, 0.6) is 0 Å². The first kappa shape index (κ1) is 15.4. The molecule has 2 aromatic rings. The van der Waals surface area contributed by atoms with E-state index < -0.39 is 17.5 Å². The van der Waals surface area contributed by atoms with E-state index in [4.69, 9.17) is 0 Å². The lowest BCUT2D eigenvalue weighted by molar-refractivity contribution is 0.447. The highest BCUT2D eigenvalue weighted by atomic mass is 19.2. The van der Waals surface area contributed by atoms with Gasteiger partial charge in [-0.2, -0.15) is 0 Å². The van der Waals surface area contributed by atoms with E-state index in [2.05, 4.69) is 10.3 Å². The minimum atomic E-state index is -1.46. The van der Waals surface area contributed by atoms with Crippen molar-refractivity contribution in [3.05, 3.63) is 58.2 Å². The molecule has 1 heterocycles. The van der Waals surface area contributed by atoms with Crippen LogP contribution >= 0.6 is 0 Å². The molecule has 0 amide bonds. The van der Waals surface area contributed by atoms with Crippen molar-refractivity contribution in [3.63, 3.8) is 0 Å². The van der Waals surface area contributed by atoms with Gasteiger partial charge in [-0.1, -0.05) is 0 Å². The number of aryl methyl sites for hydroxylation is 3. The summed E-state index contributed by atoms with van der Waals surface area (Å²) in [5, 5.41) is 2.98. The third kappa shape index (κ3) is 3.17. The van der Waals surface area contributed by atoms with Crippen LogP contribution in [0.15, 0.2) is 18.2 Å². The minimum absolute atomic E-state index is 0.193. The second-order valence-electron chi connectivity index (χ2n) is 5.20. The highest BCUT2D eigenvalue weighted by molar-refractivity contribution is 5.48. The van der Waals surface area contributed by atoms with Gasteiger partial charge in [0, 0.05) is 29.2 Å². The summed E-state index contributed by atoms with van der Waals surface area (Å²) in [6, 6.07) is 3.64. The van der Waals surface area contributed by atoms with Crippen LogP contribution in [-0.2, 0) is 0 Å². The summed E-state index contributed by atoms with van der Waals surface area (Å²) < 4.78 is 39.4. The minimum Gasteiger partial charge on any atom is -0.378 e. The van der Waals surface area contributed by atoms with E-state index in [-0.39, 0.29) is 11.7 Å². The van der Waals surface area contributed by atoms with Crippen LogP contribution in [0.1, 0.15) is 35.5 Å². The first-order valence-electron chi connectivity index (χ1n) is 6.65. The number of hydrogen-bond donors (Lipinski definition) is 1. The fourth-order valence-corrected chi connectivity index (χ4v) is 2.65. The zero-order valence-electron chi connectivity index (χ0n) is 12.4. The second kappa shape index (κ2) is 5.76. The smallest absolute Gasteiger partial charge is 0.194 e. The molecule has 0 spiro atoms. The Morgan fingerprint density at radius 1 is 1.00 bits per heavy atom. The Hall–Kier alpha value is -2.04. The Labute approximate surface area is 122 Å². The number of nitrogens with zero attached hydrogens (tertiary/aromatic N) is 1. The Bertz CT molecular complexity index is 637. The third-order valence-electron chi connectivity index (χ3n) is 3.38. The molecule has 1 unspecified atom stereocenters. The molecular formula is C16H17F3N2. The molecule has 1 aromatic heterocycles. The molecule has 2 rings (SSSR count). The molecule has 0 bridgehead atoms. The van der Waals surface area contributed by atoms with E-state index in [0.717, 1.165) is 34.6 Å². The number of benzene rings is 1. The molecule has 2 nitrogen and oxygen atoms in total. The van der Waals surface area contributed by atoms with Crippen molar-refractivity contribution in [3.8, 4) is 0 Å². The zero-order chi connectivity index (χ0) is 15.7. The molecule has 112 valence electrons. The maximum Gasteiger partial charge on any atom is 0.194 e. The van der Waals surface area contributed by atoms with E-state index in [0.29, 0.717) is 0 Å². The monoisotopic (exact) mass is 294 g/mol. The van der Waals surface area contributed by atoms with Gasteiger partial charge >= 0.3 is 0 Å². The van der Waals surface area contributed by atoms with Crippen LogP contribution in [0.2, 0.25) is 0 Å². The molecule has 0 radical (unpaired) electrons. The Morgan fingerprint density at radius 2 is 1.57 bits per heavy atom. The maximum atomic E-state index is 13.2. The van der Waals surface area contributed by atoms with Gasteiger partial charge in [0.1, 0.15) is 0 Å². The molecule has 0 aliphatic heterocycles. The predicted molar refractivity (Wildman–Crippen MR) is 76.8 cm³/mol. The molecule has 0 saturated carbocycles. The lowest BCUT2D eigenvalue weighted by Crippen LogP contribution is -2.12. The van der Waals surface area contributed by atoms with E-state index in [1.807, 2.05) is 33.8 Å². The first-order valence-corrected chi connectivity index (χ1v) is 6.65. The summed E-state index contributed by atoms with van der Waals surface area (Å²) in [6.07, 6.45) is 0. The van der Waals surface area contributed by atoms with Crippen molar-refractivity contribution >= 4 is 5.69 Å². The van der Waals surface area contributed by atoms with Crippen LogP contribution in [0.25, 0.3) is 0 Å². The largest absolute Gasteiger partial charge is 0.378 e. The second-order valence-corrected chi connectivity index (χ2v) is 5.20. The topological polar surface area (TPSA) is 24.9 Å². The van der Waals surface area contributed by atoms with Crippen molar-refractivity contribution in [1.29, 1.82) is 0 Å². The van der Waals surface area contributed by atoms with Crippen molar-refractivity contribution < 1.29 is 13.2 Å². The number of halogens is 3. The molecule has 21 heavy (non-hydrogen) atoms. The van der Waals surface area contributed by atoms with E-state index in [1.165, 1.54) is 0 Å². The third-order valence-corrected chi connectivity index (χ3v) is 3.38. The zero-order valence-corrected chi connectivity index (χ0v) is 12.4. The molecule has 0 fully saturated rings. The van der Waals surface area contributed by atoms with Gasteiger partial charge in [0.05, 0.1) is 6.04 Å². The van der Waals surface area contributed by atoms with Gasteiger partial charge in [-0.3, -0.25) is 4.98 Å². The van der Waals surface area contributed by atoms with E-state index in [1.54, 1.807) is 0 Å². The summed E-state index contributed by atoms with van der Waals surface area (Å²) in [4.78, 5) is 4.40. The number of aromatic nitrogens is 1. The quantitative estimate of drug-likeness (QED) is 0.837. The Kier molecular flexibility index (Phi) is 4.21. The molecular weight excluding hydrogens is 277 g/mol. The average Bonchev–Trinajstić information content (AvgIpc) is 2.34. The standard InChI is InChI=1S/C16H17F3N2/c1-8-5-9(2)20-10(3)15(8)11(4)21-12-6-13(17)16(19)14(18)7-12/h5-7,11,21H,1-4H3. The van der Waals surface area contributed by atoms with Crippen LogP contribution in [-0.4, -0.2) is 4.98 Å². The fourth-order valence-electron chi connectivity index (χ4n) is 2.65. The lowest BCUT2D eigenvalue weighted by Gasteiger charge is -2.20. The van der Waals surface area contributed by atoms with Gasteiger partial charge in [0.25, 0.3) is 0 Å². The van der Waals surface area contributed by atoms with Crippen molar-refractivity contribution in [2.75, 3.05) is 5.32 Å². The van der Waals surface area contributed by atoms with Crippen LogP contribution in [0.3, 0.4) is 0 Å². The Morgan fingerprint density at radius 3 is 2.10 bits per heavy atom.